The lowest BCUT2D eigenvalue weighted by Crippen LogP contribution is -2.30. The molecule has 0 fully saturated rings. The van der Waals surface area contributed by atoms with Crippen LogP contribution in [0.5, 0.6) is 0 Å². The van der Waals surface area contributed by atoms with E-state index in [1.807, 2.05) is 0 Å². The van der Waals surface area contributed by atoms with Gasteiger partial charge in [0.25, 0.3) is 0 Å². The van der Waals surface area contributed by atoms with Gasteiger partial charge in [-0.3, -0.25) is 77.3 Å². The number of aliphatic carboxylic acids is 3. The van der Waals surface area contributed by atoms with E-state index in [2.05, 4.69) is 15.0 Å². The number of rotatable bonds is 50. The summed E-state index contributed by atoms with van der Waals surface area (Å²) in [6.07, 6.45) is 0.498. The third-order valence-electron chi connectivity index (χ3n) is 15.1. The van der Waals surface area contributed by atoms with Gasteiger partial charge in [-0.15, -0.1) is 0 Å². The molecular weight excluding hydrogens is 1190 g/mol. The van der Waals surface area contributed by atoms with E-state index in [0.29, 0.717) is 38.3 Å². The highest BCUT2D eigenvalue weighted by Crippen LogP contribution is 2.28. The lowest BCUT2D eigenvalue weighted by Gasteiger charge is -2.22. The number of hydrogen-bond acceptors (Lipinski definition) is 19. The van der Waals surface area contributed by atoms with Crippen molar-refractivity contribution in [1.82, 2.24) is 0 Å². The predicted octanol–water partition coefficient (Wildman–Crippen LogP) is 3.70. The van der Waals surface area contributed by atoms with E-state index in [4.69, 9.17) is 44.6 Å². The molecule has 0 aromatic carbocycles. The number of carboxylic acids is 3. The molecule has 0 spiro atoms. The van der Waals surface area contributed by atoms with Crippen LogP contribution < -0.4 is 34.4 Å². The van der Waals surface area contributed by atoms with Gasteiger partial charge in [-0.05, 0) is 52.4 Å². The predicted molar refractivity (Wildman–Crippen MR) is 338 cm³/mol. The average molecular weight is 1290 g/mol. The molecule has 0 saturated heterocycles. The molecule has 28 heteroatoms. The zero-order valence-corrected chi connectivity index (χ0v) is 54.8. The van der Waals surface area contributed by atoms with Crippen molar-refractivity contribution in [2.45, 2.75) is 191 Å². The molecule has 0 saturated carbocycles. The van der Waals surface area contributed by atoms with Crippen molar-refractivity contribution in [2.75, 3.05) is 19.6 Å². The number of nitrogens with zero attached hydrogens (tertiary/aromatic N) is 3. The summed E-state index contributed by atoms with van der Waals surface area (Å²) in [6, 6.07) is 0. The molecule has 0 rings (SSSR count). The second kappa shape index (κ2) is 47.8. The highest BCUT2D eigenvalue weighted by molar-refractivity contribution is 5.98. The van der Waals surface area contributed by atoms with Gasteiger partial charge in [0.1, 0.15) is 76.2 Å². The molecule has 12 unspecified atom stereocenters. The number of carboxylic acid groups (broad SMARTS) is 3. The number of guanidine groups is 3. The topological polar surface area (TPSA) is 527 Å². The largest absolute Gasteiger partial charge is 0.481 e. The fourth-order valence-corrected chi connectivity index (χ4v) is 9.20. The van der Waals surface area contributed by atoms with Crippen molar-refractivity contribution in [3.63, 3.8) is 0 Å². The number of carbonyl (C=O) groups excluding carboxylic acids is 13. The van der Waals surface area contributed by atoms with Crippen molar-refractivity contribution < 1.29 is 92.0 Å². The highest BCUT2D eigenvalue weighted by Gasteiger charge is 2.34. The summed E-state index contributed by atoms with van der Waals surface area (Å²) in [7, 11) is 0. The SMILES string of the molecule is CC(=O)C(C)CC(=O)C(C)CC(=O)O.CC(=O)CC(CCCN=C(N)N)C(=O)CC(C)C(=O)CC(CCCN=C(N)N)C(=O)CC(C)C(=O)CC(CC(=O)O)C(=O)CC(C)C(=O)CC(CCCN=C(N)N)C(=O)CC(C)C=O.CC(C=O)CC(=O)C(C)CC(=O)O. The van der Waals surface area contributed by atoms with Gasteiger partial charge in [-0.1, -0.05) is 55.4 Å². The number of carbonyl (C=O) groups is 16. The number of nitrogens with two attached hydrogens (primary N) is 6. The number of aldehydes is 2. The van der Waals surface area contributed by atoms with Gasteiger partial charge in [0.15, 0.2) is 17.9 Å². The van der Waals surface area contributed by atoms with Crippen LogP contribution in [0.3, 0.4) is 0 Å². The van der Waals surface area contributed by atoms with Gasteiger partial charge < -0.3 is 64.1 Å². The Labute approximate surface area is 533 Å². The molecule has 0 aliphatic carbocycles. The zero-order chi connectivity index (χ0) is 70.8. The maximum Gasteiger partial charge on any atom is 0.304 e. The van der Waals surface area contributed by atoms with Crippen LogP contribution in [0.25, 0.3) is 0 Å². The molecular formula is C63H103N9O19. The molecule has 514 valence electrons. The molecule has 12 atom stereocenters. The van der Waals surface area contributed by atoms with E-state index in [-0.39, 0.29) is 167 Å². The van der Waals surface area contributed by atoms with E-state index in [1.165, 1.54) is 27.7 Å². The molecule has 0 aromatic heterocycles. The van der Waals surface area contributed by atoms with E-state index < -0.39 is 119 Å². The van der Waals surface area contributed by atoms with Crippen molar-refractivity contribution >= 4 is 112 Å². The first-order chi connectivity index (χ1) is 42.2. The van der Waals surface area contributed by atoms with Crippen molar-refractivity contribution in [3.8, 4) is 0 Å². The zero-order valence-electron chi connectivity index (χ0n) is 54.8. The summed E-state index contributed by atoms with van der Waals surface area (Å²) in [4.78, 5) is 205. The molecule has 0 radical (unpaired) electrons. The molecule has 0 amide bonds. The summed E-state index contributed by atoms with van der Waals surface area (Å²) < 4.78 is 0. The second-order valence-electron chi connectivity index (χ2n) is 24.1. The number of Topliss-reactive ketones (excluding diaryl/α,β-unsaturated/α-hetero) is 11. The molecule has 0 aromatic rings. The maximum atomic E-state index is 13.8. The fraction of sp³-hybridized carbons (Fsp3) is 0.698. The van der Waals surface area contributed by atoms with E-state index in [0.717, 1.165) is 0 Å². The minimum absolute atomic E-state index is 0.00855. The summed E-state index contributed by atoms with van der Waals surface area (Å²) in [5, 5.41) is 26.5. The summed E-state index contributed by atoms with van der Waals surface area (Å²) in [5.41, 5.74) is 32.4. The Kier molecular flexibility index (Phi) is 45.8. The Morgan fingerprint density at radius 1 is 0.319 bits per heavy atom. The average Bonchev–Trinajstić information content (AvgIpc) is 3.53. The minimum atomic E-state index is -1.35. The number of ketones is 11. The Bertz CT molecular complexity index is 2570. The van der Waals surface area contributed by atoms with Crippen LogP contribution in [0.4, 0.5) is 0 Å². The lowest BCUT2D eigenvalue weighted by molar-refractivity contribution is -0.142. The molecule has 0 aliphatic rings. The van der Waals surface area contributed by atoms with Crippen LogP contribution in [0.1, 0.15) is 191 Å². The molecule has 0 heterocycles. The molecule has 0 bridgehead atoms. The Balaban J connectivity index is -0.00000234. The Morgan fingerprint density at radius 2 is 0.560 bits per heavy atom. The van der Waals surface area contributed by atoms with Crippen LogP contribution in [0.2, 0.25) is 0 Å². The molecule has 28 nitrogen and oxygen atoms in total. The second-order valence-corrected chi connectivity index (χ2v) is 24.1. The number of aliphatic imine (C=N–C) groups is 3. The quantitative estimate of drug-likeness (QED) is 0.0181. The first kappa shape index (κ1) is 87.1. The minimum Gasteiger partial charge on any atom is -0.481 e. The van der Waals surface area contributed by atoms with Crippen molar-refractivity contribution in [3.05, 3.63) is 0 Å². The van der Waals surface area contributed by atoms with Gasteiger partial charge in [-0.25, -0.2) is 0 Å². The van der Waals surface area contributed by atoms with Gasteiger partial charge >= 0.3 is 17.9 Å². The standard InChI is InChI=1S/C44H73N9O11.C10H16O4.C9H14O4/c1-25(24-54)15-37(59)31(10-7-13-52-43(47)48)20-34(56)28(4)18-40(62)33(23-41(63)64)22-36(58)27(3)17-39(61)32(11-8-14-53-44(49)50)21-35(57)26(2)16-38(60)30(19-29(5)55)9-6-12-51-42(45)46;1-6(8(3)11)4-9(12)7(2)5-10(13)14;1-6(5-10)3-8(11)7(2)4-9(12)13/h24-28,30-33H,6-23H2,1-5H3,(H,63,64)(H4,45,46,51)(H4,47,48,52)(H4,49,50,53);6-7H,4-5H2,1-3H3,(H,13,14);5-7H,3-4H2,1-2H3,(H,12,13). The van der Waals surface area contributed by atoms with Crippen molar-refractivity contribution in [1.29, 1.82) is 0 Å². The van der Waals surface area contributed by atoms with E-state index in [1.54, 1.807) is 41.5 Å². The summed E-state index contributed by atoms with van der Waals surface area (Å²) >= 11 is 0. The van der Waals surface area contributed by atoms with E-state index >= 15 is 0 Å². The van der Waals surface area contributed by atoms with Gasteiger partial charge in [0.2, 0.25) is 0 Å². The lowest BCUT2D eigenvalue weighted by atomic mass is 9.80. The van der Waals surface area contributed by atoms with E-state index in [9.17, 15) is 81.8 Å². The molecule has 15 N–H and O–H groups in total. The Hall–Kier alpha value is -8.07. The maximum absolute atomic E-state index is 13.8. The fourth-order valence-electron chi connectivity index (χ4n) is 9.20. The first-order valence-corrected chi connectivity index (χ1v) is 30.7. The van der Waals surface area contributed by atoms with Gasteiger partial charge in [-0.2, -0.15) is 0 Å². The Morgan fingerprint density at radius 3 is 0.846 bits per heavy atom. The first-order valence-electron chi connectivity index (χ1n) is 30.7. The summed E-state index contributed by atoms with van der Waals surface area (Å²) in [5.74, 6) is -15.8. The monoisotopic (exact) mass is 1290 g/mol. The molecule has 91 heavy (non-hydrogen) atoms. The normalized spacial score (nSPS) is 14.7. The number of hydrogen-bond donors (Lipinski definition) is 9. The van der Waals surface area contributed by atoms with Crippen molar-refractivity contribution in [2.24, 2.45) is 120 Å². The van der Waals surface area contributed by atoms with Crippen LogP contribution in [-0.2, 0) is 76.7 Å². The van der Waals surface area contributed by atoms with Crippen LogP contribution in [-0.4, -0.2) is 147 Å². The van der Waals surface area contributed by atoms with Crippen LogP contribution >= 0.6 is 0 Å². The van der Waals surface area contributed by atoms with Gasteiger partial charge in [0, 0.05) is 155 Å². The summed E-state index contributed by atoms with van der Waals surface area (Å²) in [6.45, 7) is 16.0. The van der Waals surface area contributed by atoms with Crippen LogP contribution in [0.15, 0.2) is 15.0 Å². The highest BCUT2D eigenvalue weighted by atomic mass is 16.4. The third-order valence-corrected chi connectivity index (χ3v) is 15.1. The van der Waals surface area contributed by atoms with Gasteiger partial charge in [0.05, 0.1) is 19.3 Å². The third kappa shape index (κ3) is 44.1. The van der Waals surface area contributed by atoms with Crippen LogP contribution in [0, 0.1) is 71.0 Å². The molecule has 0 aliphatic heterocycles. The smallest absolute Gasteiger partial charge is 0.304 e.